The van der Waals surface area contributed by atoms with Gasteiger partial charge in [-0.2, -0.15) is 0 Å². The van der Waals surface area contributed by atoms with Crippen LogP contribution >= 0.6 is 0 Å². The first kappa shape index (κ1) is 23.2. The van der Waals surface area contributed by atoms with Crippen LogP contribution in [0, 0.1) is 0 Å². The second-order valence-corrected chi connectivity index (χ2v) is 6.91. The Labute approximate surface area is 149 Å². The van der Waals surface area contributed by atoms with E-state index in [-0.39, 0.29) is 0 Å². The molecule has 0 heterocycles. The van der Waals surface area contributed by atoms with E-state index in [0.717, 1.165) is 19.3 Å². The maximum absolute atomic E-state index is 10.3. The van der Waals surface area contributed by atoms with Gasteiger partial charge in [0.15, 0.2) is 0 Å². The largest absolute Gasteiger partial charge is 0.478 e. The second kappa shape index (κ2) is 20.2. The minimum Gasteiger partial charge on any atom is -0.478 e. The molecule has 0 aliphatic carbocycles. The fourth-order valence-electron chi connectivity index (χ4n) is 3.03. The first-order valence-electron chi connectivity index (χ1n) is 10.3. The van der Waals surface area contributed by atoms with Crippen LogP contribution in [0.1, 0.15) is 109 Å². The highest BCUT2D eigenvalue weighted by Crippen LogP contribution is 2.14. The molecule has 0 saturated heterocycles. The average Bonchev–Trinajstić information content (AvgIpc) is 2.56. The summed E-state index contributed by atoms with van der Waals surface area (Å²) < 4.78 is 0. The van der Waals surface area contributed by atoms with Crippen molar-refractivity contribution in [3.05, 3.63) is 12.2 Å². The predicted octanol–water partition coefficient (Wildman–Crippen LogP) is 6.25. The van der Waals surface area contributed by atoms with Crippen LogP contribution in [0.15, 0.2) is 12.2 Å². The third-order valence-corrected chi connectivity index (χ3v) is 4.54. The SMILES string of the molecule is O=C(O)/C=C/CCCCCCCCCCCCCCCCCCO. The first-order valence-corrected chi connectivity index (χ1v) is 10.3. The first-order chi connectivity index (χ1) is 11.8. The number of unbranched alkanes of at least 4 members (excludes halogenated alkanes) is 16. The molecular weight excluding hydrogens is 300 g/mol. The molecule has 0 aliphatic heterocycles. The third kappa shape index (κ3) is 21.2. The minimum atomic E-state index is -0.840. The van der Waals surface area contributed by atoms with Crippen molar-refractivity contribution in [1.82, 2.24) is 0 Å². The standard InChI is InChI=1S/C21H40O3/c22-20-18-16-14-12-10-8-6-4-2-1-3-5-7-9-11-13-15-17-19-21(23)24/h17,19,22H,1-16,18,20H2,(H,23,24)/b19-17+. The molecule has 0 aromatic carbocycles. The molecule has 0 amide bonds. The van der Waals surface area contributed by atoms with Gasteiger partial charge in [-0.1, -0.05) is 96.0 Å². The zero-order valence-corrected chi connectivity index (χ0v) is 15.7. The highest BCUT2D eigenvalue weighted by molar-refractivity contribution is 5.79. The summed E-state index contributed by atoms with van der Waals surface area (Å²) in [7, 11) is 0. The molecule has 3 nitrogen and oxygen atoms in total. The number of hydrogen-bond donors (Lipinski definition) is 2. The van der Waals surface area contributed by atoms with Crippen LogP contribution in [0.3, 0.4) is 0 Å². The molecule has 0 bridgehead atoms. The summed E-state index contributed by atoms with van der Waals surface area (Å²) in [6.07, 6.45) is 24.7. The number of carboxylic acid groups (broad SMARTS) is 1. The Morgan fingerprint density at radius 1 is 0.583 bits per heavy atom. The summed E-state index contributed by atoms with van der Waals surface area (Å²) in [5.74, 6) is -0.840. The van der Waals surface area contributed by atoms with E-state index in [0.29, 0.717) is 6.61 Å². The van der Waals surface area contributed by atoms with Crippen LogP contribution < -0.4 is 0 Å². The van der Waals surface area contributed by atoms with E-state index in [1.807, 2.05) is 0 Å². The van der Waals surface area contributed by atoms with Crippen molar-refractivity contribution in [1.29, 1.82) is 0 Å². The van der Waals surface area contributed by atoms with Crippen molar-refractivity contribution in [2.75, 3.05) is 6.61 Å². The van der Waals surface area contributed by atoms with E-state index >= 15 is 0 Å². The number of aliphatic hydroxyl groups is 1. The van der Waals surface area contributed by atoms with Crippen LogP contribution in [-0.4, -0.2) is 22.8 Å². The molecular formula is C21H40O3. The maximum atomic E-state index is 10.3. The van der Waals surface area contributed by atoms with Gasteiger partial charge in [-0.25, -0.2) is 4.79 Å². The van der Waals surface area contributed by atoms with Crippen molar-refractivity contribution in [2.24, 2.45) is 0 Å². The van der Waals surface area contributed by atoms with E-state index in [2.05, 4.69) is 0 Å². The molecule has 0 unspecified atom stereocenters. The summed E-state index contributed by atoms with van der Waals surface area (Å²) in [5.41, 5.74) is 0. The highest BCUT2D eigenvalue weighted by Gasteiger charge is 1.94. The van der Waals surface area contributed by atoms with Gasteiger partial charge in [-0.3, -0.25) is 0 Å². The smallest absolute Gasteiger partial charge is 0.327 e. The normalized spacial score (nSPS) is 11.4. The number of aliphatic carboxylic acids is 1. The number of carbonyl (C=O) groups is 1. The van der Waals surface area contributed by atoms with Gasteiger partial charge in [-0.05, 0) is 19.3 Å². The third-order valence-electron chi connectivity index (χ3n) is 4.54. The Morgan fingerprint density at radius 2 is 0.917 bits per heavy atom. The molecule has 0 aromatic heterocycles. The van der Waals surface area contributed by atoms with Gasteiger partial charge in [0.2, 0.25) is 0 Å². The Bertz CT molecular complexity index is 287. The van der Waals surface area contributed by atoms with Gasteiger partial charge in [0.05, 0.1) is 0 Å². The molecule has 0 aromatic rings. The predicted molar refractivity (Wildman–Crippen MR) is 102 cm³/mol. The molecule has 0 fully saturated rings. The Balaban J connectivity index is 3.01. The van der Waals surface area contributed by atoms with Crippen molar-refractivity contribution >= 4 is 5.97 Å². The fourth-order valence-corrected chi connectivity index (χ4v) is 3.03. The molecule has 3 heteroatoms. The van der Waals surface area contributed by atoms with Gasteiger partial charge in [0.25, 0.3) is 0 Å². The van der Waals surface area contributed by atoms with Gasteiger partial charge >= 0.3 is 5.97 Å². The minimum absolute atomic E-state index is 0.351. The Kier molecular flexibility index (Phi) is 19.5. The number of allylic oxidation sites excluding steroid dienone is 1. The Hall–Kier alpha value is -0.830. The lowest BCUT2D eigenvalue weighted by Gasteiger charge is -2.03. The number of rotatable bonds is 19. The quantitative estimate of drug-likeness (QED) is 0.216. The van der Waals surface area contributed by atoms with Crippen LogP contribution in [-0.2, 0) is 4.79 Å². The molecule has 0 aliphatic rings. The lowest BCUT2D eigenvalue weighted by Crippen LogP contribution is -1.86. The van der Waals surface area contributed by atoms with Crippen molar-refractivity contribution in [2.45, 2.75) is 109 Å². The molecule has 0 rings (SSSR count). The summed E-state index contributed by atoms with van der Waals surface area (Å²) in [5, 5.41) is 17.2. The van der Waals surface area contributed by atoms with E-state index in [9.17, 15) is 4.79 Å². The topological polar surface area (TPSA) is 57.5 Å². The molecule has 0 radical (unpaired) electrons. The number of aliphatic hydroxyl groups excluding tert-OH is 1. The lowest BCUT2D eigenvalue weighted by molar-refractivity contribution is -0.131. The van der Waals surface area contributed by atoms with Gasteiger partial charge < -0.3 is 10.2 Å². The average molecular weight is 341 g/mol. The zero-order chi connectivity index (χ0) is 17.7. The van der Waals surface area contributed by atoms with Crippen LogP contribution in [0.25, 0.3) is 0 Å². The summed E-state index contributed by atoms with van der Waals surface area (Å²) >= 11 is 0. The summed E-state index contributed by atoms with van der Waals surface area (Å²) in [6, 6.07) is 0. The van der Waals surface area contributed by atoms with Crippen molar-refractivity contribution in [3.8, 4) is 0 Å². The molecule has 0 spiro atoms. The number of carboxylic acids is 1. The van der Waals surface area contributed by atoms with E-state index in [4.69, 9.17) is 10.2 Å². The molecule has 0 saturated carbocycles. The molecule has 142 valence electrons. The van der Waals surface area contributed by atoms with Crippen LogP contribution in [0.5, 0.6) is 0 Å². The van der Waals surface area contributed by atoms with Gasteiger partial charge in [0, 0.05) is 12.7 Å². The van der Waals surface area contributed by atoms with E-state index in [1.165, 1.54) is 96.0 Å². The van der Waals surface area contributed by atoms with Gasteiger partial charge in [-0.15, -0.1) is 0 Å². The lowest BCUT2D eigenvalue weighted by atomic mass is 10.0. The Morgan fingerprint density at radius 3 is 1.25 bits per heavy atom. The van der Waals surface area contributed by atoms with Crippen LogP contribution in [0.4, 0.5) is 0 Å². The summed E-state index contributed by atoms with van der Waals surface area (Å²) in [4.78, 5) is 10.3. The fraction of sp³-hybridized carbons (Fsp3) is 0.857. The van der Waals surface area contributed by atoms with Crippen molar-refractivity contribution < 1.29 is 15.0 Å². The second-order valence-electron chi connectivity index (χ2n) is 6.91. The molecule has 0 atom stereocenters. The van der Waals surface area contributed by atoms with Crippen LogP contribution in [0.2, 0.25) is 0 Å². The zero-order valence-electron chi connectivity index (χ0n) is 15.7. The summed E-state index contributed by atoms with van der Waals surface area (Å²) in [6.45, 7) is 0.351. The van der Waals surface area contributed by atoms with E-state index < -0.39 is 5.97 Å². The monoisotopic (exact) mass is 340 g/mol. The highest BCUT2D eigenvalue weighted by atomic mass is 16.4. The van der Waals surface area contributed by atoms with Gasteiger partial charge in [0.1, 0.15) is 0 Å². The maximum Gasteiger partial charge on any atom is 0.327 e. The molecule has 24 heavy (non-hydrogen) atoms. The molecule has 2 N–H and O–H groups in total. The van der Waals surface area contributed by atoms with E-state index in [1.54, 1.807) is 6.08 Å². The number of hydrogen-bond acceptors (Lipinski definition) is 2. The van der Waals surface area contributed by atoms with Crippen molar-refractivity contribution in [3.63, 3.8) is 0 Å².